The second kappa shape index (κ2) is 4.31. The molecule has 2 rings (SSSR count). The fourth-order valence-electron chi connectivity index (χ4n) is 1.52. The van der Waals surface area contributed by atoms with Gasteiger partial charge in [0.25, 0.3) is 0 Å². The predicted molar refractivity (Wildman–Crippen MR) is 58.3 cm³/mol. The summed E-state index contributed by atoms with van der Waals surface area (Å²) in [4.78, 5) is 0. The maximum Gasteiger partial charge on any atom is 0.165 e. The molecule has 82 valence electrons. The summed E-state index contributed by atoms with van der Waals surface area (Å²) in [5.74, 6) is -1.15. The second-order valence-electron chi connectivity index (χ2n) is 3.33. The van der Waals surface area contributed by atoms with Gasteiger partial charge in [0.1, 0.15) is 5.82 Å². The van der Waals surface area contributed by atoms with Crippen molar-refractivity contribution < 1.29 is 13.5 Å². The Kier molecular flexibility index (Phi) is 2.86. The highest BCUT2D eigenvalue weighted by molar-refractivity contribution is 5.65. The highest BCUT2D eigenvalue weighted by atomic mass is 19.1. The van der Waals surface area contributed by atoms with E-state index >= 15 is 0 Å². The topological polar surface area (TPSA) is 9.23 Å². The van der Waals surface area contributed by atoms with Crippen LogP contribution in [0, 0.1) is 11.6 Å². The molecule has 0 aliphatic rings. The molecule has 0 aliphatic carbocycles. The fraction of sp³-hybridized carbons (Fsp3) is 0.0769. The Morgan fingerprint density at radius 1 is 0.938 bits per heavy atom. The highest BCUT2D eigenvalue weighted by Crippen LogP contribution is 2.28. The van der Waals surface area contributed by atoms with Gasteiger partial charge in [-0.1, -0.05) is 30.3 Å². The van der Waals surface area contributed by atoms with Crippen LogP contribution in [0.15, 0.2) is 42.5 Å². The van der Waals surface area contributed by atoms with Crippen molar-refractivity contribution in [3.05, 3.63) is 54.1 Å². The van der Waals surface area contributed by atoms with Crippen LogP contribution in [0.5, 0.6) is 5.75 Å². The van der Waals surface area contributed by atoms with Gasteiger partial charge in [-0.05, 0) is 11.6 Å². The van der Waals surface area contributed by atoms with Crippen LogP contribution in [-0.4, -0.2) is 7.11 Å². The lowest BCUT2D eigenvalue weighted by Crippen LogP contribution is -1.92. The van der Waals surface area contributed by atoms with Crippen molar-refractivity contribution >= 4 is 0 Å². The minimum atomic E-state index is -0.567. The smallest absolute Gasteiger partial charge is 0.165 e. The number of ether oxygens (including phenoxy) is 1. The first-order valence-corrected chi connectivity index (χ1v) is 4.81. The maximum absolute atomic E-state index is 13.7. The third-order valence-electron chi connectivity index (χ3n) is 2.33. The molecule has 3 heteroatoms. The van der Waals surface area contributed by atoms with Gasteiger partial charge < -0.3 is 4.74 Å². The third kappa shape index (κ3) is 1.89. The summed E-state index contributed by atoms with van der Waals surface area (Å²) in [6.07, 6.45) is 0. The summed E-state index contributed by atoms with van der Waals surface area (Å²) >= 11 is 0. The van der Waals surface area contributed by atoms with Gasteiger partial charge >= 0.3 is 0 Å². The number of benzene rings is 2. The first-order chi connectivity index (χ1) is 7.72. The molecule has 0 N–H and O–H groups in total. The van der Waals surface area contributed by atoms with Crippen LogP contribution >= 0.6 is 0 Å². The lowest BCUT2D eigenvalue weighted by molar-refractivity contribution is 0.383. The molecule has 0 amide bonds. The highest BCUT2D eigenvalue weighted by Gasteiger charge is 2.11. The SMILES string of the molecule is COc1cc(F)c(-c2ccccc2)cc1F. The minimum Gasteiger partial charge on any atom is -0.494 e. The van der Waals surface area contributed by atoms with E-state index in [2.05, 4.69) is 0 Å². The zero-order chi connectivity index (χ0) is 11.5. The summed E-state index contributed by atoms with van der Waals surface area (Å²) in [5.41, 5.74) is 0.875. The van der Waals surface area contributed by atoms with Crippen molar-refractivity contribution in [2.75, 3.05) is 7.11 Å². The molecule has 0 unspecified atom stereocenters. The van der Waals surface area contributed by atoms with Crippen molar-refractivity contribution in [1.29, 1.82) is 0 Å². The van der Waals surface area contributed by atoms with Crippen LogP contribution in [0.1, 0.15) is 0 Å². The summed E-state index contributed by atoms with van der Waals surface area (Å²) in [6, 6.07) is 11.0. The van der Waals surface area contributed by atoms with Crippen LogP contribution in [0.2, 0.25) is 0 Å². The molecule has 0 fully saturated rings. The lowest BCUT2D eigenvalue weighted by Gasteiger charge is -2.07. The van der Waals surface area contributed by atoms with E-state index in [0.29, 0.717) is 5.56 Å². The molecule has 2 aromatic carbocycles. The average Bonchev–Trinajstić information content (AvgIpc) is 2.32. The molecule has 0 heterocycles. The maximum atomic E-state index is 13.7. The molecule has 0 aliphatic heterocycles. The van der Waals surface area contributed by atoms with E-state index in [4.69, 9.17) is 4.74 Å². The molecule has 0 spiro atoms. The van der Waals surface area contributed by atoms with Crippen LogP contribution in [0.4, 0.5) is 8.78 Å². The molecule has 0 aromatic heterocycles. The van der Waals surface area contributed by atoms with Crippen molar-refractivity contribution in [3.63, 3.8) is 0 Å². The molecule has 0 saturated heterocycles. The first-order valence-electron chi connectivity index (χ1n) is 4.81. The third-order valence-corrected chi connectivity index (χ3v) is 2.33. The van der Waals surface area contributed by atoms with Gasteiger partial charge in [0, 0.05) is 11.6 Å². The van der Waals surface area contributed by atoms with Gasteiger partial charge in [-0.3, -0.25) is 0 Å². The average molecular weight is 220 g/mol. The number of halogens is 2. The molecule has 1 nitrogen and oxygen atoms in total. The van der Waals surface area contributed by atoms with E-state index < -0.39 is 11.6 Å². The molecular weight excluding hydrogens is 210 g/mol. The van der Waals surface area contributed by atoms with Crippen molar-refractivity contribution in [2.24, 2.45) is 0 Å². The Morgan fingerprint density at radius 3 is 2.25 bits per heavy atom. The van der Waals surface area contributed by atoms with Crippen molar-refractivity contribution in [2.45, 2.75) is 0 Å². The van der Waals surface area contributed by atoms with E-state index in [0.717, 1.165) is 12.1 Å². The van der Waals surface area contributed by atoms with Gasteiger partial charge in [0.15, 0.2) is 11.6 Å². The molecular formula is C13H10F2O. The summed E-state index contributed by atoms with van der Waals surface area (Å²) in [5, 5.41) is 0. The van der Waals surface area contributed by atoms with E-state index in [-0.39, 0.29) is 11.3 Å². The zero-order valence-corrected chi connectivity index (χ0v) is 8.71. The number of rotatable bonds is 2. The zero-order valence-electron chi connectivity index (χ0n) is 8.71. The monoisotopic (exact) mass is 220 g/mol. The van der Waals surface area contributed by atoms with Crippen molar-refractivity contribution in [1.82, 2.24) is 0 Å². The molecule has 16 heavy (non-hydrogen) atoms. The molecule has 0 radical (unpaired) electrons. The van der Waals surface area contributed by atoms with Crippen LogP contribution < -0.4 is 4.74 Å². The van der Waals surface area contributed by atoms with Crippen LogP contribution in [-0.2, 0) is 0 Å². The quantitative estimate of drug-likeness (QED) is 0.750. The first kappa shape index (κ1) is 10.6. The predicted octanol–water partition coefficient (Wildman–Crippen LogP) is 3.64. The Labute approximate surface area is 92.3 Å². The summed E-state index contributed by atoms with van der Waals surface area (Å²) in [6.45, 7) is 0. The van der Waals surface area contributed by atoms with Gasteiger partial charge in [0.2, 0.25) is 0 Å². The minimum absolute atomic E-state index is 0.0859. The molecule has 0 atom stereocenters. The van der Waals surface area contributed by atoms with Gasteiger partial charge in [0.05, 0.1) is 7.11 Å². The van der Waals surface area contributed by atoms with Crippen LogP contribution in [0.3, 0.4) is 0 Å². The van der Waals surface area contributed by atoms with E-state index in [1.165, 1.54) is 7.11 Å². The van der Waals surface area contributed by atoms with E-state index in [9.17, 15) is 8.78 Å². The fourth-order valence-corrected chi connectivity index (χ4v) is 1.52. The molecule has 0 bridgehead atoms. The summed E-state index contributed by atoms with van der Waals surface area (Å²) in [7, 11) is 1.31. The van der Waals surface area contributed by atoms with Gasteiger partial charge in [-0.2, -0.15) is 0 Å². The largest absolute Gasteiger partial charge is 0.494 e. The number of hydrogen-bond acceptors (Lipinski definition) is 1. The lowest BCUT2D eigenvalue weighted by atomic mass is 10.0. The van der Waals surface area contributed by atoms with E-state index in [1.54, 1.807) is 24.3 Å². The van der Waals surface area contributed by atoms with E-state index in [1.807, 2.05) is 6.07 Å². The molecule has 0 saturated carbocycles. The van der Waals surface area contributed by atoms with Gasteiger partial charge in [-0.15, -0.1) is 0 Å². The summed E-state index contributed by atoms with van der Waals surface area (Å²) < 4.78 is 31.8. The second-order valence-corrected chi connectivity index (χ2v) is 3.33. The Hall–Kier alpha value is -1.90. The van der Waals surface area contributed by atoms with Gasteiger partial charge in [-0.25, -0.2) is 8.78 Å². The Balaban J connectivity index is 2.55. The number of methoxy groups -OCH3 is 1. The Morgan fingerprint density at radius 2 is 1.62 bits per heavy atom. The standard InChI is InChI=1S/C13H10F2O/c1-16-13-8-11(14)10(7-12(13)15)9-5-3-2-4-6-9/h2-8H,1H3. The normalized spacial score (nSPS) is 10.2. The number of hydrogen-bond donors (Lipinski definition) is 0. The van der Waals surface area contributed by atoms with Crippen LogP contribution in [0.25, 0.3) is 11.1 Å². The Bertz CT molecular complexity index is 495. The molecule has 2 aromatic rings. The van der Waals surface area contributed by atoms with Crippen molar-refractivity contribution in [3.8, 4) is 16.9 Å².